The second kappa shape index (κ2) is 5.25. The van der Waals surface area contributed by atoms with Gasteiger partial charge in [-0.05, 0) is 30.2 Å². The lowest BCUT2D eigenvalue weighted by Gasteiger charge is -2.19. The smallest absolute Gasteiger partial charge is 0.320 e. The monoisotopic (exact) mass is 283 g/mol. The van der Waals surface area contributed by atoms with Gasteiger partial charge in [0.1, 0.15) is 5.82 Å². The van der Waals surface area contributed by atoms with Gasteiger partial charge in [-0.25, -0.2) is 4.39 Å². The van der Waals surface area contributed by atoms with Crippen molar-refractivity contribution in [1.82, 2.24) is 0 Å². The maximum atomic E-state index is 13.9. The molecule has 2 aromatic rings. The number of rotatable bonds is 2. The van der Waals surface area contributed by atoms with Crippen LogP contribution in [0.5, 0.6) is 0 Å². The van der Waals surface area contributed by atoms with E-state index in [1.807, 2.05) is 0 Å². The van der Waals surface area contributed by atoms with Crippen LogP contribution in [-0.2, 0) is 6.18 Å². The van der Waals surface area contributed by atoms with E-state index in [0.29, 0.717) is 5.56 Å². The Morgan fingerprint density at radius 3 is 2.25 bits per heavy atom. The van der Waals surface area contributed by atoms with Crippen LogP contribution in [0.4, 0.5) is 17.6 Å². The highest BCUT2D eigenvalue weighted by atomic mass is 19.4. The van der Waals surface area contributed by atoms with Crippen LogP contribution in [0, 0.1) is 12.7 Å². The highest BCUT2D eigenvalue weighted by Crippen LogP contribution is 2.36. The molecular weight excluding hydrogens is 270 g/mol. The van der Waals surface area contributed by atoms with Gasteiger partial charge in [0, 0.05) is 5.56 Å². The largest absolute Gasteiger partial charge is 0.416 e. The van der Waals surface area contributed by atoms with E-state index < -0.39 is 23.6 Å². The minimum absolute atomic E-state index is 0.0484. The zero-order valence-electron chi connectivity index (χ0n) is 10.7. The Morgan fingerprint density at radius 2 is 1.65 bits per heavy atom. The Morgan fingerprint density at radius 1 is 1.00 bits per heavy atom. The van der Waals surface area contributed by atoms with E-state index in [4.69, 9.17) is 5.73 Å². The van der Waals surface area contributed by atoms with Crippen LogP contribution in [0.1, 0.15) is 28.3 Å². The molecule has 2 aromatic carbocycles. The number of nitrogens with two attached hydrogens (primary N) is 1. The van der Waals surface area contributed by atoms with Crippen LogP contribution < -0.4 is 5.73 Å². The minimum atomic E-state index is -4.52. The molecule has 0 aliphatic heterocycles. The summed E-state index contributed by atoms with van der Waals surface area (Å²) in [5.74, 6) is -0.602. The van der Waals surface area contributed by atoms with Crippen molar-refractivity contribution in [3.63, 3.8) is 0 Å². The number of alkyl halides is 3. The fourth-order valence-corrected chi connectivity index (χ4v) is 2.08. The lowest BCUT2D eigenvalue weighted by molar-refractivity contribution is -0.138. The molecule has 0 aromatic heterocycles. The third-order valence-corrected chi connectivity index (χ3v) is 3.09. The summed E-state index contributed by atoms with van der Waals surface area (Å²) < 4.78 is 52.7. The molecule has 20 heavy (non-hydrogen) atoms. The van der Waals surface area contributed by atoms with Crippen molar-refractivity contribution >= 4 is 0 Å². The molecule has 0 aliphatic carbocycles. The summed E-state index contributed by atoms with van der Waals surface area (Å²) in [7, 11) is 0. The summed E-state index contributed by atoms with van der Waals surface area (Å²) >= 11 is 0. The highest BCUT2D eigenvalue weighted by Gasteiger charge is 2.34. The van der Waals surface area contributed by atoms with Gasteiger partial charge in [0.2, 0.25) is 0 Å². The molecule has 106 valence electrons. The molecule has 2 N–H and O–H groups in total. The van der Waals surface area contributed by atoms with Crippen LogP contribution in [0.15, 0.2) is 42.5 Å². The molecule has 0 radical (unpaired) electrons. The Labute approximate surface area is 114 Å². The van der Waals surface area contributed by atoms with Gasteiger partial charge in [0.05, 0.1) is 11.6 Å². The van der Waals surface area contributed by atoms with Crippen molar-refractivity contribution < 1.29 is 17.6 Å². The first kappa shape index (κ1) is 14.5. The molecule has 0 fully saturated rings. The number of hydrogen-bond donors (Lipinski definition) is 1. The van der Waals surface area contributed by atoms with Crippen LogP contribution in [0.2, 0.25) is 0 Å². The molecule has 1 nitrogen and oxygen atoms in total. The molecule has 1 atom stereocenters. The second-order valence-corrected chi connectivity index (χ2v) is 4.59. The van der Waals surface area contributed by atoms with E-state index in [9.17, 15) is 17.6 Å². The van der Waals surface area contributed by atoms with E-state index in [-0.39, 0.29) is 11.1 Å². The molecule has 5 heteroatoms. The highest BCUT2D eigenvalue weighted by molar-refractivity contribution is 5.39. The zero-order chi connectivity index (χ0) is 14.9. The summed E-state index contributed by atoms with van der Waals surface area (Å²) in [6.07, 6.45) is -4.52. The quantitative estimate of drug-likeness (QED) is 0.821. The van der Waals surface area contributed by atoms with Crippen LogP contribution in [0.3, 0.4) is 0 Å². The van der Waals surface area contributed by atoms with Gasteiger partial charge < -0.3 is 5.73 Å². The van der Waals surface area contributed by atoms with Crippen molar-refractivity contribution in [2.24, 2.45) is 5.73 Å². The van der Waals surface area contributed by atoms with Gasteiger partial charge in [-0.15, -0.1) is 0 Å². The molecule has 2 rings (SSSR count). The summed E-state index contributed by atoms with van der Waals surface area (Å²) in [5, 5.41) is 0. The van der Waals surface area contributed by atoms with Crippen molar-refractivity contribution in [2.75, 3.05) is 0 Å². The molecule has 1 unspecified atom stereocenters. The number of hydrogen-bond acceptors (Lipinski definition) is 1. The molecule has 0 aliphatic rings. The average molecular weight is 283 g/mol. The fraction of sp³-hybridized carbons (Fsp3) is 0.200. The first-order valence-corrected chi connectivity index (χ1v) is 5.98. The van der Waals surface area contributed by atoms with Crippen molar-refractivity contribution in [1.29, 1.82) is 0 Å². The summed E-state index contributed by atoms with van der Waals surface area (Å²) in [6, 6.07) is 8.09. The Bertz CT molecular complexity index is 620. The third kappa shape index (κ3) is 2.82. The molecule has 0 bridgehead atoms. The molecule has 0 heterocycles. The maximum absolute atomic E-state index is 13.9. The summed E-state index contributed by atoms with van der Waals surface area (Å²) in [6.45, 7) is 1.70. The lowest BCUT2D eigenvalue weighted by atomic mass is 9.94. The van der Waals surface area contributed by atoms with Gasteiger partial charge in [-0.2, -0.15) is 13.2 Å². The second-order valence-electron chi connectivity index (χ2n) is 4.59. The molecule has 0 saturated carbocycles. The summed E-state index contributed by atoms with van der Waals surface area (Å²) in [5.41, 5.74) is 5.58. The van der Waals surface area contributed by atoms with Crippen molar-refractivity contribution in [3.05, 3.63) is 70.5 Å². The van der Waals surface area contributed by atoms with E-state index in [2.05, 4.69) is 0 Å². The maximum Gasteiger partial charge on any atom is 0.416 e. The predicted molar refractivity (Wildman–Crippen MR) is 68.6 cm³/mol. The topological polar surface area (TPSA) is 26.0 Å². The first-order valence-electron chi connectivity index (χ1n) is 5.98. The molecule has 0 spiro atoms. The average Bonchev–Trinajstić information content (AvgIpc) is 2.37. The van der Waals surface area contributed by atoms with Gasteiger partial charge in [0.25, 0.3) is 0 Å². The van der Waals surface area contributed by atoms with Crippen molar-refractivity contribution in [2.45, 2.75) is 19.1 Å². The Hall–Kier alpha value is -1.88. The van der Waals surface area contributed by atoms with Gasteiger partial charge in [-0.1, -0.05) is 30.3 Å². The number of benzene rings is 2. The van der Waals surface area contributed by atoms with Crippen LogP contribution in [-0.4, -0.2) is 0 Å². The lowest BCUT2D eigenvalue weighted by Crippen LogP contribution is -2.19. The number of aryl methyl sites for hydroxylation is 1. The molecular formula is C15H13F4N. The van der Waals surface area contributed by atoms with E-state index >= 15 is 0 Å². The van der Waals surface area contributed by atoms with Crippen molar-refractivity contribution in [3.8, 4) is 0 Å². The third-order valence-electron chi connectivity index (χ3n) is 3.09. The van der Waals surface area contributed by atoms with Crippen LogP contribution >= 0.6 is 0 Å². The summed E-state index contributed by atoms with van der Waals surface area (Å²) in [4.78, 5) is 0. The van der Waals surface area contributed by atoms with Gasteiger partial charge >= 0.3 is 6.18 Å². The fourth-order valence-electron chi connectivity index (χ4n) is 2.08. The Kier molecular flexibility index (Phi) is 3.81. The first-order chi connectivity index (χ1) is 9.30. The van der Waals surface area contributed by atoms with E-state index in [1.54, 1.807) is 13.0 Å². The normalized spacial score (nSPS) is 13.3. The minimum Gasteiger partial charge on any atom is -0.320 e. The van der Waals surface area contributed by atoms with E-state index in [1.165, 1.54) is 30.3 Å². The van der Waals surface area contributed by atoms with E-state index in [0.717, 1.165) is 6.07 Å². The molecule has 0 amide bonds. The zero-order valence-corrected chi connectivity index (χ0v) is 10.7. The Balaban J connectivity index is 2.51. The van der Waals surface area contributed by atoms with Gasteiger partial charge in [-0.3, -0.25) is 0 Å². The van der Waals surface area contributed by atoms with Gasteiger partial charge in [0.15, 0.2) is 0 Å². The van der Waals surface area contributed by atoms with Crippen LogP contribution in [0.25, 0.3) is 0 Å². The standard InChI is InChI=1S/C15H13F4N/c1-9-6-7-11(13(16)8-9)14(20)10-4-2-3-5-12(10)15(17,18)19/h2-8,14H,20H2,1H3. The number of halogens is 4. The predicted octanol–water partition coefficient (Wildman–Crippen LogP) is 4.20. The molecule has 0 saturated heterocycles. The SMILES string of the molecule is Cc1ccc(C(N)c2ccccc2C(F)(F)F)c(F)c1.